The summed E-state index contributed by atoms with van der Waals surface area (Å²) in [4.78, 5) is 50.8. The highest BCUT2D eigenvalue weighted by molar-refractivity contribution is 6.00. The van der Waals surface area contributed by atoms with Gasteiger partial charge in [0.05, 0.1) is 24.0 Å². The maximum absolute atomic E-state index is 13.4. The summed E-state index contributed by atoms with van der Waals surface area (Å²) < 4.78 is 27.4. The summed E-state index contributed by atoms with van der Waals surface area (Å²) in [7, 11) is 3.80. The number of nitrogens with zero attached hydrogens (tertiary/aromatic N) is 2. The maximum atomic E-state index is 13.4. The van der Waals surface area contributed by atoms with Crippen molar-refractivity contribution in [1.29, 1.82) is 0 Å². The van der Waals surface area contributed by atoms with Gasteiger partial charge >= 0.3 is 23.9 Å². The van der Waals surface area contributed by atoms with Gasteiger partial charge in [-0.1, -0.05) is 30.3 Å². The Hall–Kier alpha value is -6.36. The number of ether oxygens (including phenoxy) is 4. The molecular formula is C39H32N2O9+2. The molecule has 7 rings (SSSR count). The molecule has 2 aliphatic heterocycles. The van der Waals surface area contributed by atoms with Gasteiger partial charge in [0.2, 0.25) is 0 Å². The predicted molar refractivity (Wildman–Crippen MR) is 174 cm³/mol. The smallest absolute Gasteiger partial charge is 0.340 e. The molecule has 0 saturated carbocycles. The quantitative estimate of drug-likeness (QED) is 0.139. The first-order chi connectivity index (χ1) is 24.1. The van der Waals surface area contributed by atoms with Crippen molar-refractivity contribution < 1.29 is 52.4 Å². The van der Waals surface area contributed by atoms with Crippen molar-refractivity contribution in [3.63, 3.8) is 0 Å². The largest absolute Gasteiger partial charge is 0.478 e. The number of pyridine rings is 2. The van der Waals surface area contributed by atoms with Crippen molar-refractivity contribution in [2.75, 3.05) is 0 Å². The van der Waals surface area contributed by atoms with Crippen molar-refractivity contribution in [2.45, 2.75) is 31.7 Å². The first kappa shape index (κ1) is 32.2. The summed E-state index contributed by atoms with van der Waals surface area (Å²) in [5, 5.41) is 9.60. The Morgan fingerprint density at radius 2 is 1.14 bits per heavy atom. The third-order valence-corrected chi connectivity index (χ3v) is 8.77. The summed E-state index contributed by atoms with van der Waals surface area (Å²) in [6.07, 6.45) is 7.39. The Labute approximate surface area is 286 Å². The van der Waals surface area contributed by atoms with Crippen LogP contribution in [0.2, 0.25) is 0 Å². The second-order valence-corrected chi connectivity index (χ2v) is 12.3. The zero-order valence-corrected chi connectivity index (χ0v) is 27.3. The van der Waals surface area contributed by atoms with E-state index in [-0.39, 0.29) is 37.2 Å². The lowest BCUT2D eigenvalue weighted by Crippen LogP contribution is -2.33. The van der Waals surface area contributed by atoms with Gasteiger partial charge in [-0.3, -0.25) is 9.59 Å². The number of carbonyl (C=O) groups is 4. The third-order valence-electron chi connectivity index (χ3n) is 8.77. The number of aromatic carboxylic acids is 1. The monoisotopic (exact) mass is 672 g/mol. The molecule has 5 aromatic rings. The van der Waals surface area contributed by atoms with Crippen LogP contribution in [0.5, 0.6) is 11.5 Å². The van der Waals surface area contributed by atoms with Crippen LogP contribution in [-0.2, 0) is 69.6 Å². The van der Waals surface area contributed by atoms with E-state index in [2.05, 4.69) is 0 Å². The van der Waals surface area contributed by atoms with Crippen LogP contribution >= 0.6 is 0 Å². The molecule has 0 aliphatic carbocycles. The molecule has 50 heavy (non-hydrogen) atoms. The number of aromatic nitrogens is 2. The number of carboxylic acid groups (broad SMARTS) is 1. The molecule has 0 atom stereocenters. The van der Waals surface area contributed by atoms with E-state index in [0.717, 1.165) is 11.1 Å². The average Bonchev–Trinajstić information content (AvgIpc) is 3.39. The third kappa shape index (κ3) is 6.16. The van der Waals surface area contributed by atoms with Crippen LogP contribution in [-0.4, -0.2) is 29.0 Å². The zero-order valence-electron chi connectivity index (χ0n) is 27.3. The summed E-state index contributed by atoms with van der Waals surface area (Å²) >= 11 is 0. The Bertz CT molecular complexity index is 2060. The lowest BCUT2D eigenvalue weighted by Gasteiger charge is -2.37. The van der Waals surface area contributed by atoms with Gasteiger partial charge in [-0.15, -0.1) is 0 Å². The normalized spacial score (nSPS) is 13.4. The van der Waals surface area contributed by atoms with Crippen LogP contribution in [0, 0.1) is 0 Å². The van der Waals surface area contributed by atoms with E-state index in [0.29, 0.717) is 39.3 Å². The van der Waals surface area contributed by atoms with E-state index in [9.17, 15) is 24.3 Å². The molecule has 0 saturated heterocycles. The summed E-state index contributed by atoms with van der Waals surface area (Å²) in [6, 6.07) is 22.1. The fourth-order valence-corrected chi connectivity index (χ4v) is 6.19. The highest BCUT2D eigenvalue weighted by Crippen LogP contribution is 2.56. The first-order valence-electron chi connectivity index (χ1n) is 15.8. The molecule has 2 aromatic heterocycles. The Balaban J connectivity index is 1.20. The molecule has 11 nitrogen and oxygen atoms in total. The molecule has 3 aromatic carbocycles. The lowest BCUT2D eigenvalue weighted by atomic mass is 9.77. The number of hydrogen-bond acceptors (Lipinski definition) is 8. The highest BCUT2D eigenvalue weighted by atomic mass is 16.6. The second-order valence-electron chi connectivity index (χ2n) is 12.3. The summed E-state index contributed by atoms with van der Waals surface area (Å²) in [6.45, 7) is 0.246. The van der Waals surface area contributed by atoms with E-state index in [1.54, 1.807) is 42.5 Å². The lowest BCUT2D eigenvalue weighted by molar-refractivity contribution is -0.671. The molecule has 11 heteroatoms. The van der Waals surface area contributed by atoms with Crippen LogP contribution < -0.4 is 13.9 Å². The number of benzene rings is 3. The van der Waals surface area contributed by atoms with E-state index < -0.39 is 29.5 Å². The van der Waals surface area contributed by atoms with Crippen LogP contribution in [0.25, 0.3) is 0 Å². The minimum absolute atomic E-state index is 0.0407. The minimum Gasteiger partial charge on any atom is -0.478 e. The number of fused-ring (bicyclic) bond motifs is 6. The summed E-state index contributed by atoms with van der Waals surface area (Å²) in [5.41, 5.74) is 2.95. The minimum atomic E-state index is -1.47. The van der Waals surface area contributed by atoms with Crippen LogP contribution in [0.1, 0.15) is 59.7 Å². The van der Waals surface area contributed by atoms with Crippen LogP contribution in [0.15, 0.2) is 104 Å². The number of aryl methyl sites for hydroxylation is 2. The molecule has 250 valence electrons. The maximum Gasteiger partial charge on any atom is 0.340 e. The number of hydrogen-bond donors (Lipinski definition) is 1. The number of carboxylic acids is 1. The molecule has 0 amide bonds. The van der Waals surface area contributed by atoms with Gasteiger partial charge in [0.1, 0.15) is 38.8 Å². The molecular weight excluding hydrogens is 640 g/mol. The topological polar surface area (TPSA) is 133 Å². The van der Waals surface area contributed by atoms with E-state index in [4.69, 9.17) is 18.9 Å². The van der Waals surface area contributed by atoms with Gasteiger partial charge in [-0.05, 0) is 35.4 Å². The average molecular weight is 673 g/mol. The van der Waals surface area contributed by atoms with Crippen molar-refractivity contribution in [3.8, 4) is 11.5 Å². The molecule has 2 aliphatic rings. The molecule has 0 radical (unpaired) electrons. The SMILES string of the molecule is C[n+]1ccc(COC(=O)Cc2ccc3c(c2)Oc2cc(CC(=O)OCc4cc[n+](C)cc4)ccc2C32OC(=O)c3cc(C(=O)O)ccc32)cc1. The van der Waals surface area contributed by atoms with Crippen molar-refractivity contribution >= 4 is 23.9 Å². The Morgan fingerprint density at radius 1 is 0.660 bits per heavy atom. The summed E-state index contributed by atoms with van der Waals surface area (Å²) in [5.74, 6) is -2.08. The zero-order chi connectivity index (χ0) is 35.0. The van der Waals surface area contributed by atoms with Crippen molar-refractivity contribution in [3.05, 3.63) is 154 Å². The predicted octanol–water partition coefficient (Wildman–Crippen LogP) is 4.17. The standard InChI is InChI=1S/C39H31N2O9/c1-40-13-9-24(10-14-40)22-47-35(42)19-26-3-6-31-33(17-26)49-34-18-27(20-36(43)48-23-25-11-15-41(2)16-12-25)4-7-32(34)39(31)30-8-5-28(37(44)45)21-29(30)38(46)50-39/h3-18,21H,19-20,22-23H2,1-2H3/q+1/p+1. The van der Waals surface area contributed by atoms with E-state index in [1.165, 1.54) is 12.1 Å². The highest BCUT2D eigenvalue weighted by Gasteiger charge is 2.53. The van der Waals surface area contributed by atoms with E-state index in [1.807, 2.05) is 72.3 Å². The van der Waals surface area contributed by atoms with Gasteiger partial charge in [-0.2, -0.15) is 0 Å². The number of rotatable bonds is 9. The molecule has 4 heterocycles. The second kappa shape index (κ2) is 12.9. The van der Waals surface area contributed by atoms with Gasteiger partial charge in [0.25, 0.3) is 0 Å². The fourth-order valence-electron chi connectivity index (χ4n) is 6.19. The Kier molecular flexibility index (Phi) is 8.32. The van der Waals surface area contributed by atoms with Crippen molar-refractivity contribution in [2.24, 2.45) is 14.1 Å². The molecule has 1 spiro atoms. The molecule has 0 unspecified atom stereocenters. The molecule has 1 N–H and O–H groups in total. The van der Waals surface area contributed by atoms with Crippen LogP contribution in [0.3, 0.4) is 0 Å². The van der Waals surface area contributed by atoms with Gasteiger partial charge in [-0.25, -0.2) is 18.7 Å². The van der Waals surface area contributed by atoms with Gasteiger partial charge in [0.15, 0.2) is 30.4 Å². The van der Waals surface area contributed by atoms with Gasteiger partial charge in [0, 0.05) is 52.1 Å². The number of esters is 3. The van der Waals surface area contributed by atoms with Crippen molar-refractivity contribution in [1.82, 2.24) is 0 Å². The molecule has 0 fully saturated rings. The number of carbonyl (C=O) groups excluding carboxylic acids is 3. The fraction of sp³-hybridized carbons (Fsp3) is 0.179. The van der Waals surface area contributed by atoms with Crippen LogP contribution in [0.4, 0.5) is 0 Å². The van der Waals surface area contributed by atoms with E-state index >= 15 is 0 Å². The molecule has 0 bridgehead atoms. The Morgan fingerprint density at radius 3 is 1.62 bits per heavy atom. The van der Waals surface area contributed by atoms with Gasteiger partial charge < -0.3 is 24.1 Å². The first-order valence-corrected chi connectivity index (χ1v) is 15.8.